The van der Waals surface area contributed by atoms with E-state index in [9.17, 15) is 18.0 Å². The number of pyridine rings is 1. The quantitative estimate of drug-likeness (QED) is 0.530. The van der Waals surface area contributed by atoms with Gasteiger partial charge >= 0.3 is 11.9 Å². The molecule has 5 rings (SSSR count). The van der Waals surface area contributed by atoms with Crippen LogP contribution in [-0.4, -0.2) is 27.2 Å². The van der Waals surface area contributed by atoms with E-state index in [1.165, 1.54) is 10.6 Å². The molecule has 0 aliphatic carbocycles. The Hall–Kier alpha value is -3.39. The van der Waals surface area contributed by atoms with Crippen LogP contribution >= 0.6 is 0 Å². The summed E-state index contributed by atoms with van der Waals surface area (Å²) in [4.78, 5) is 17.7. The minimum Gasteiger partial charge on any atom is -0.315 e. The molecule has 5 nitrogen and oxygen atoms in total. The van der Waals surface area contributed by atoms with Crippen molar-refractivity contribution >= 4 is 11.2 Å². The van der Waals surface area contributed by atoms with E-state index in [0.29, 0.717) is 23.3 Å². The van der Waals surface area contributed by atoms with Crippen LogP contribution in [0, 0.1) is 0 Å². The Morgan fingerprint density at radius 3 is 2.55 bits per heavy atom. The first-order valence-electron chi connectivity index (χ1n) is 10.0. The smallest absolute Gasteiger partial charge is 0.315 e. The number of halogens is 3. The zero-order valence-electron chi connectivity index (χ0n) is 16.4. The molecule has 1 fully saturated rings. The van der Waals surface area contributed by atoms with E-state index in [2.05, 4.69) is 10.3 Å². The maximum absolute atomic E-state index is 14.0. The van der Waals surface area contributed by atoms with E-state index >= 15 is 0 Å². The van der Waals surface area contributed by atoms with E-state index in [4.69, 9.17) is 0 Å². The second kappa shape index (κ2) is 7.39. The summed E-state index contributed by atoms with van der Waals surface area (Å²) in [5, 5.41) is 3.22. The summed E-state index contributed by atoms with van der Waals surface area (Å²) < 4.78 is 44.9. The van der Waals surface area contributed by atoms with E-state index in [1.807, 2.05) is 0 Å². The number of benzene rings is 2. The summed E-state index contributed by atoms with van der Waals surface area (Å²) >= 11 is 0. The highest BCUT2D eigenvalue weighted by Crippen LogP contribution is 2.38. The van der Waals surface area contributed by atoms with E-state index in [-0.39, 0.29) is 23.0 Å². The Balaban J connectivity index is 1.75. The van der Waals surface area contributed by atoms with Gasteiger partial charge in [0.25, 0.3) is 0 Å². The van der Waals surface area contributed by atoms with E-state index in [0.717, 1.165) is 19.0 Å². The molecule has 31 heavy (non-hydrogen) atoms. The molecule has 1 aliphatic rings. The van der Waals surface area contributed by atoms with Crippen molar-refractivity contribution < 1.29 is 13.2 Å². The summed E-state index contributed by atoms with van der Waals surface area (Å²) in [6, 6.07) is 15.8. The van der Waals surface area contributed by atoms with Crippen molar-refractivity contribution in [2.24, 2.45) is 0 Å². The van der Waals surface area contributed by atoms with Gasteiger partial charge in [0.2, 0.25) is 0 Å². The standard InChI is InChI=1S/C23H19F3N4O/c24-23(25,26)19-13-16(8-9-18(19)15-5-2-1-3-6-15)29-20-7-4-11-28-21(20)30(22(29)31)17-10-12-27-14-17/h1-9,11,13,17,27H,10,12,14H2. The van der Waals surface area contributed by atoms with Gasteiger partial charge in [-0.15, -0.1) is 0 Å². The van der Waals surface area contributed by atoms with Gasteiger partial charge in [0.1, 0.15) is 0 Å². The van der Waals surface area contributed by atoms with E-state index in [1.54, 1.807) is 59.3 Å². The highest BCUT2D eigenvalue weighted by atomic mass is 19.4. The topological polar surface area (TPSA) is 51.9 Å². The lowest BCUT2D eigenvalue weighted by Crippen LogP contribution is -2.28. The molecule has 1 N–H and O–H groups in total. The molecule has 1 saturated heterocycles. The van der Waals surface area contributed by atoms with Crippen LogP contribution in [0.15, 0.2) is 71.7 Å². The van der Waals surface area contributed by atoms with Crippen molar-refractivity contribution in [1.29, 1.82) is 0 Å². The first-order chi connectivity index (χ1) is 14.9. The number of rotatable bonds is 3. The Kier molecular flexibility index (Phi) is 4.66. The third-order valence-corrected chi connectivity index (χ3v) is 5.68. The van der Waals surface area contributed by atoms with Crippen molar-refractivity contribution in [3.63, 3.8) is 0 Å². The molecule has 0 amide bonds. The summed E-state index contributed by atoms with van der Waals surface area (Å²) in [5.74, 6) is 0. The van der Waals surface area contributed by atoms with Gasteiger partial charge in [-0.2, -0.15) is 13.2 Å². The number of aromatic nitrogens is 3. The van der Waals surface area contributed by atoms with Gasteiger partial charge in [-0.3, -0.25) is 9.13 Å². The molecule has 1 unspecified atom stereocenters. The molecule has 4 aromatic rings. The summed E-state index contributed by atoms with van der Waals surface area (Å²) in [6.07, 6.45) is -2.22. The van der Waals surface area contributed by atoms with Crippen LogP contribution in [0.5, 0.6) is 0 Å². The molecule has 0 saturated carbocycles. The highest BCUT2D eigenvalue weighted by molar-refractivity contribution is 5.76. The molecule has 2 aromatic carbocycles. The third-order valence-electron chi connectivity index (χ3n) is 5.68. The molecule has 0 radical (unpaired) electrons. The molecule has 3 heterocycles. The fourth-order valence-electron chi connectivity index (χ4n) is 4.26. The number of hydrogen-bond donors (Lipinski definition) is 1. The minimum absolute atomic E-state index is 0.0757. The Morgan fingerprint density at radius 2 is 1.84 bits per heavy atom. The number of nitrogens with zero attached hydrogens (tertiary/aromatic N) is 3. The Bertz CT molecular complexity index is 1300. The SMILES string of the molecule is O=c1n(-c2ccc(-c3ccccc3)c(C(F)(F)F)c2)c2cccnc2n1C1CCNC1. The molecule has 0 spiro atoms. The number of nitrogens with one attached hydrogen (secondary N) is 1. The Morgan fingerprint density at radius 1 is 1.03 bits per heavy atom. The first kappa shape index (κ1) is 19.6. The second-order valence-corrected chi connectivity index (χ2v) is 7.57. The fourth-order valence-corrected chi connectivity index (χ4v) is 4.26. The van der Waals surface area contributed by atoms with Crippen LogP contribution in [0.4, 0.5) is 13.2 Å². The minimum atomic E-state index is -4.57. The number of fused-ring (bicyclic) bond motifs is 1. The lowest BCUT2D eigenvalue weighted by molar-refractivity contribution is -0.137. The maximum Gasteiger partial charge on any atom is 0.417 e. The molecule has 158 valence electrons. The summed E-state index contributed by atoms with van der Waals surface area (Å²) in [5.41, 5.74) is 0.501. The molecule has 1 aliphatic heterocycles. The lowest BCUT2D eigenvalue weighted by atomic mass is 9.98. The van der Waals surface area contributed by atoms with Crippen molar-refractivity contribution in [2.45, 2.75) is 18.6 Å². The monoisotopic (exact) mass is 424 g/mol. The second-order valence-electron chi connectivity index (χ2n) is 7.57. The van der Waals surface area contributed by atoms with Crippen LogP contribution in [0.2, 0.25) is 0 Å². The van der Waals surface area contributed by atoms with Crippen LogP contribution in [0.3, 0.4) is 0 Å². The summed E-state index contributed by atoms with van der Waals surface area (Å²) in [6.45, 7) is 1.40. The molecule has 0 bridgehead atoms. The normalized spacial score (nSPS) is 16.8. The number of imidazole rings is 1. The fraction of sp³-hybridized carbons (Fsp3) is 0.217. The van der Waals surface area contributed by atoms with Crippen molar-refractivity contribution in [2.75, 3.05) is 13.1 Å². The van der Waals surface area contributed by atoms with Gasteiger partial charge in [0.15, 0.2) is 5.65 Å². The predicted molar refractivity (Wildman–Crippen MR) is 112 cm³/mol. The number of hydrogen-bond acceptors (Lipinski definition) is 3. The van der Waals surface area contributed by atoms with Crippen molar-refractivity contribution in [3.05, 3.63) is 82.9 Å². The molecular formula is C23H19F3N4O. The van der Waals surface area contributed by atoms with Crippen LogP contribution in [0.1, 0.15) is 18.0 Å². The van der Waals surface area contributed by atoms with Gasteiger partial charge in [-0.25, -0.2) is 9.78 Å². The van der Waals surface area contributed by atoms with Crippen molar-refractivity contribution in [1.82, 2.24) is 19.4 Å². The Labute approximate surface area is 175 Å². The summed E-state index contributed by atoms with van der Waals surface area (Å²) in [7, 11) is 0. The van der Waals surface area contributed by atoms with Gasteiger partial charge < -0.3 is 5.32 Å². The highest BCUT2D eigenvalue weighted by Gasteiger charge is 2.34. The van der Waals surface area contributed by atoms with Gasteiger partial charge in [0.05, 0.1) is 22.8 Å². The van der Waals surface area contributed by atoms with Gasteiger partial charge in [0, 0.05) is 12.7 Å². The molecular weight excluding hydrogens is 405 g/mol. The predicted octanol–water partition coefficient (Wildman–Crippen LogP) is 4.41. The van der Waals surface area contributed by atoms with E-state index < -0.39 is 11.7 Å². The molecule has 1 atom stereocenters. The van der Waals surface area contributed by atoms with Crippen LogP contribution in [-0.2, 0) is 6.18 Å². The van der Waals surface area contributed by atoms with Crippen molar-refractivity contribution in [3.8, 4) is 16.8 Å². The molecule has 8 heteroatoms. The average Bonchev–Trinajstić information content (AvgIpc) is 3.38. The van der Waals surface area contributed by atoms with Crippen LogP contribution < -0.4 is 11.0 Å². The largest absolute Gasteiger partial charge is 0.417 e. The zero-order chi connectivity index (χ0) is 21.6. The lowest BCUT2D eigenvalue weighted by Gasteiger charge is -2.15. The van der Waals surface area contributed by atoms with Gasteiger partial charge in [-0.05, 0) is 48.4 Å². The average molecular weight is 424 g/mol. The van der Waals surface area contributed by atoms with Gasteiger partial charge in [-0.1, -0.05) is 36.4 Å². The molecule has 2 aromatic heterocycles. The third kappa shape index (κ3) is 3.33. The number of alkyl halides is 3. The zero-order valence-corrected chi connectivity index (χ0v) is 16.4. The maximum atomic E-state index is 14.0. The first-order valence-corrected chi connectivity index (χ1v) is 10.0. The van der Waals surface area contributed by atoms with Crippen LogP contribution in [0.25, 0.3) is 28.0 Å².